The summed E-state index contributed by atoms with van der Waals surface area (Å²) in [6.07, 6.45) is 1.82. The van der Waals surface area contributed by atoms with Crippen molar-refractivity contribution >= 4 is 17.4 Å². The predicted octanol–water partition coefficient (Wildman–Crippen LogP) is 3.80. The van der Waals surface area contributed by atoms with E-state index < -0.39 is 5.60 Å². The summed E-state index contributed by atoms with van der Waals surface area (Å²) in [6.45, 7) is 9.88. The summed E-state index contributed by atoms with van der Waals surface area (Å²) in [5, 5.41) is 5.12. The van der Waals surface area contributed by atoms with Crippen LogP contribution < -0.4 is 5.32 Å². The Bertz CT molecular complexity index is 453. The second kappa shape index (κ2) is 6.79. The Hall–Kier alpha value is -1.07. The van der Waals surface area contributed by atoms with Crippen LogP contribution in [0.25, 0.3) is 0 Å². The van der Waals surface area contributed by atoms with Gasteiger partial charge in [0.1, 0.15) is 5.60 Å². The van der Waals surface area contributed by atoms with Crippen LogP contribution in [0.1, 0.15) is 51.5 Å². The number of likely N-dealkylation sites (tertiary alicyclic amines) is 1. The molecule has 21 heavy (non-hydrogen) atoms. The van der Waals surface area contributed by atoms with E-state index in [0.29, 0.717) is 6.04 Å². The summed E-state index contributed by atoms with van der Waals surface area (Å²) >= 11 is 1.79. The zero-order valence-corrected chi connectivity index (χ0v) is 14.2. The topological polar surface area (TPSA) is 41.6 Å². The zero-order valence-electron chi connectivity index (χ0n) is 13.4. The van der Waals surface area contributed by atoms with Gasteiger partial charge >= 0.3 is 6.09 Å². The summed E-state index contributed by atoms with van der Waals surface area (Å²) in [7, 11) is 0. The molecule has 1 aliphatic heterocycles. The first-order chi connectivity index (χ1) is 9.85. The molecule has 0 aliphatic carbocycles. The molecule has 4 nitrogen and oxygen atoms in total. The quantitative estimate of drug-likeness (QED) is 0.923. The van der Waals surface area contributed by atoms with Crippen molar-refractivity contribution in [2.24, 2.45) is 0 Å². The van der Waals surface area contributed by atoms with Gasteiger partial charge in [-0.1, -0.05) is 6.07 Å². The number of thiophene rings is 1. The highest BCUT2D eigenvalue weighted by Gasteiger charge is 2.27. The molecule has 118 valence electrons. The maximum Gasteiger partial charge on any atom is 0.407 e. The van der Waals surface area contributed by atoms with E-state index in [9.17, 15) is 4.79 Å². The molecule has 2 atom stereocenters. The van der Waals surface area contributed by atoms with Crippen molar-refractivity contribution in [3.63, 3.8) is 0 Å². The number of carbonyl (C=O) groups is 1. The zero-order chi connectivity index (χ0) is 15.5. The van der Waals surface area contributed by atoms with Crippen molar-refractivity contribution in [1.29, 1.82) is 0 Å². The molecule has 1 aromatic heterocycles. The van der Waals surface area contributed by atoms with E-state index in [1.165, 1.54) is 4.88 Å². The number of hydrogen-bond acceptors (Lipinski definition) is 4. The van der Waals surface area contributed by atoms with Crippen LogP contribution >= 0.6 is 11.3 Å². The fourth-order valence-corrected chi connectivity index (χ4v) is 3.48. The number of piperidine rings is 1. The highest BCUT2D eigenvalue weighted by molar-refractivity contribution is 7.10. The molecule has 0 saturated carbocycles. The van der Waals surface area contributed by atoms with E-state index in [1.807, 2.05) is 20.8 Å². The smallest absolute Gasteiger partial charge is 0.407 e. The van der Waals surface area contributed by atoms with Gasteiger partial charge in [0.2, 0.25) is 0 Å². The maximum absolute atomic E-state index is 11.9. The number of carbonyl (C=O) groups excluding carboxylic acids is 1. The van der Waals surface area contributed by atoms with Crippen LogP contribution in [-0.2, 0) is 4.74 Å². The number of ether oxygens (including phenoxy) is 1. The Labute approximate surface area is 131 Å². The molecule has 1 amide bonds. The normalized spacial score (nSPS) is 21.8. The van der Waals surface area contributed by atoms with Crippen molar-refractivity contribution in [3.05, 3.63) is 22.4 Å². The lowest BCUT2D eigenvalue weighted by Gasteiger charge is -2.36. The van der Waals surface area contributed by atoms with Crippen LogP contribution in [0.15, 0.2) is 17.5 Å². The fourth-order valence-electron chi connectivity index (χ4n) is 2.66. The Balaban J connectivity index is 1.87. The number of nitrogens with one attached hydrogen (secondary N) is 1. The van der Waals surface area contributed by atoms with E-state index in [2.05, 4.69) is 34.7 Å². The van der Waals surface area contributed by atoms with E-state index in [0.717, 1.165) is 25.9 Å². The molecule has 1 saturated heterocycles. The number of rotatable bonds is 3. The lowest BCUT2D eigenvalue weighted by molar-refractivity contribution is 0.0459. The van der Waals surface area contributed by atoms with Gasteiger partial charge in [-0.3, -0.25) is 4.90 Å². The summed E-state index contributed by atoms with van der Waals surface area (Å²) in [5.41, 5.74) is -0.442. The van der Waals surface area contributed by atoms with Gasteiger partial charge in [-0.25, -0.2) is 4.79 Å². The third kappa shape index (κ3) is 5.00. The van der Waals surface area contributed by atoms with Gasteiger partial charge in [0.25, 0.3) is 0 Å². The number of hydrogen-bond donors (Lipinski definition) is 1. The van der Waals surface area contributed by atoms with Gasteiger partial charge in [0.15, 0.2) is 0 Å². The van der Waals surface area contributed by atoms with Crippen LogP contribution in [0.4, 0.5) is 4.79 Å². The summed E-state index contributed by atoms with van der Waals surface area (Å²) in [6, 6.07) is 4.86. The van der Waals surface area contributed by atoms with E-state index >= 15 is 0 Å². The Kier molecular flexibility index (Phi) is 5.27. The minimum Gasteiger partial charge on any atom is -0.444 e. The predicted molar refractivity (Wildman–Crippen MR) is 86.7 cm³/mol. The molecular weight excluding hydrogens is 284 g/mol. The molecule has 0 bridgehead atoms. The molecule has 1 aliphatic rings. The van der Waals surface area contributed by atoms with Crippen LogP contribution in [0.5, 0.6) is 0 Å². The third-order valence-corrected chi connectivity index (χ3v) is 4.72. The van der Waals surface area contributed by atoms with Crippen LogP contribution in [0, 0.1) is 0 Å². The molecule has 2 rings (SSSR count). The summed E-state index contributed by atoms with van der Waals surface area (Å²) in [5.74, 6) is 0. The van der Waals surface area contributed by atoms with Crippen LogP contribution in [0.3, 0.4) is 0 Å². The SMILES string of the molecule is C[C@@H](c1cccs1)N1CCC[C@H](NC(=O)OC(C)(C)C)C1. The van der Waals surface area contributed by atoms with Crippen LogP contribution in [-0.4, -0.2) is 35.7 Å². The molecule has 5 heteroatoms. The molecule has 0 radical (unpaired) electrons. The molecule has 0 aromatic carbocycles. The molecule has 0 unspecified atom stereocenters. The molecule has 1 fully saturated rings. The Morgan fingerprint density at radius 1 is 1.52 bits per heavy atom. The Morgan fingerprint density at radius 2 is 2.29 bits per heavy atom. The highest BCUT2D eigenvalue weighted by atomic mass is 32.1. The highest BCUT2D eigenvalue weighted by Crippen LogP contribution is 2.27. The minimum atomic E-state index is -0.442. The maximum atomic E-state index is 11.9. The van der Waals surface area contributed by atoms with Gasteiger partial charge in [0.05, 0.1) is 0 Å². The average molecular weight is 310 g/mol. The van der Waals surface area contributed by atoms with Crippen LogP contribution in [0.2, 0.25) is 0 Å². The molecular formula is C16H26N2O2S. The molecule has 2 heterocycles. The van der Waals surface area contributed by atoms with Crippen molar-refractivity contribution in [3.8, 4) is 0 Å². The third-order valence-electron chi connectivity index (χ3n) is 3.68. The lowest BCUT2D eigenvalue weighted by Crippen LogP contribution is -2.49. The second-order valence-corrected chi connectivity index (χ2v) is 7.65. The Morgan fingerprint density at radius 3 is 2.90 bits per heavy atom. The molecule has 1 aromatic rings. The number of alkyl carbamates (subject to hydrolysis) is 1. The van der Waals surface area contributed by atoms with Gasteiger partial charge in [0, 0.05) is 23.5 Å². The van der Waals surface area contributed by atoms with Gasteiger partial charge < -0.3 is 10.1 Å². The first-order valence-electron chi connectivity index (χ1n) is 7.62. The first kappa shape index (κ1) is 16.3. The van der Waals surface area contributed by atoms with E-state index in [-0.39, 0.29) is 12.1 Å². The largest absolute Gasteiger partial charge is 0.444 e. The van der Waals surface area contributed by atoms with Gasteiger partial charge in [-0.2, -0.15) is 0 Å². The standard InChI is InChI=1S/C16H26N2O2S/c1-12(14-8-6-10-21-14)18-9-5-7-13(11-18)17-15(19)20-16(2,3)4/h6,8,10,12-13H,5,7,9,11H2,1-4H3,(H,17,19)/t12-,13-/m0/s1. The van der Waals surface area contributed by atoms with Crippen molar-refractivity contribution in [2.45, 2.75) is 58.2 Å². The first-order valence-corrected chi connectivity index (χ1v) is 8.50. The van der Waals surface area contributed by atoms with Crippen molar-refractivity contribution in [1.82, 2.24) is 10.2 Å². The van der Waals surface area contributed by atoms with E-state index in [1.54, 1.807) is 11.3 Å². The monoisotopic (exact) mass is 310 g/mol. The van der Waals surface area contributed by atoms with Gasteiger partial charge in [-0.05, 0) is 58.5 Å². The number of nitrogens with zero attached hydrogens (tertiary/aromatic N) is 1. The van der Waals surface area contributed by atoms with Gasteiger partial charge in [-0.15, -0.1) is 11.3 Å². The van der Waals surface area contributed by atoms with E-state index in [4.69, 9.17) is 4.74 Å². The number of amides is 1. The second-order valence-electron chi connectivity index (χ2n) is 6.67. The van der Waals surface area contributed by atoms with Crippen molar-refractivity contribution in [2.75, 3.05) is 13.1 Å². The summed E-state index contributed by atoms with van der Waals surface area (Å²) < 4.78 is 5.34. The summed E-state index contributed by atoms with van der Waals surface area (Å²) in [4.78, 5) is 15.7. The minimum absolute atomic E-state index is 0.177. The lowest BCUT2D eigenvalue weighted by atomic mass is 10.0. The fraction of sp³-hybridized carbons (Fsp3) is 0.688. The van der Waals surface area contributed by atoms with Crippen molar-refractivity contribution < 1.29 is 9.53 Å². The molecule has 1 N–H and O–H groups in total. The molecule has 0 spiro atoms. The average Bonchev–Trinajstić information content (AvgIpc) is 2.89.